The molecule has 0 spiro atoms. The third-order valence-corrected chi connectivity index (χ3v) is 3.50. The van der Waals surface area contributed by atoms with Crippen molar-refractivity contribution < 1.29 is 14.3 Å². The fraction of sp³-hybridized carbons (Fsp3) is 0.429. The molecule has 1 amide bonds. The summed E-state index contributed by atoms with van der Waals surface area (Å²) in [4.78, 5) is 23.2. The fourth-order valence-corrected chi connectivity index (χ4v) is 2.50. The number of hydrogen-bond donors (Lipinski definition) is 1. The zero-order valence-corrected chi connectivity index (χ0v) is 10.9. The van der Waals surface area contributed by atoms with Gasteiger partial charge in [0.15, 0.2) is 0 Å². The van der Waals surface area contributed by atoms with Gasteiger partial charge in [0.25, 0.3) is 0 Å². The summed E-state index contributed by atoms with van der Waals surface area (Å²) >= 11 is 0. The maximum Gasteiger partial charge on any atom is 0.341 e. The van der Waals surface area contributed by atoms with Crippen molar-refractivity contribution >= 4 is 17.6 Å². The summed E-state index contributed by atoms with van der Waals surface area (Å²) in [5.74, 6) is -0.542. The largest absolute Gasteiger partial charge is 0.451 e. The third-order valence-electron chi connectivity index (χ3n) is 3.50. The zero-order chi connectivity index (χ0) is 13.3. The number of fused-ring (bicyclic) bond motifs is 1. The van der Waals surface area contributed by atoms with E-state index < -0.39 is 5.60 Å². The molecule has 0 bridgehead atoms. The molecule has 1 aromatic carbocycles. The molecule has 4 nitrogen and oxygen atoms in total. The molecule has 1 heterocycles. The van der Waals surface area contributed by atoms with Crippen LogP contribution >= 0.6 is 0 Å². The van der Waals surface area contributed by atoms with Crippen LogP contribution in [-0.4, -0.2) is 11.9 Å². The maximum atomic E-state index is 12.0. The molecule has 96 valence electrons. The zero-order valence-electron chi connectivity index (χ0n) is 10.9. The van der Waals surface area contributed by atoms with Crippen LogP contribution in [0, 0.1) is 0 Å². The van der Waals surface area contributed by atoms with Crippen molar-refractivity contribution in [1.29, 1.82) is 0 Å². The molecule has 0 aliphatic carbocycles. The first-order valence-corrected chi connectivity index (χ1v) is 6.18. The van der Waals surface area contributed by atoms with E-state index in [9.17, 15) is 9.59 Å². The number of carbonyl (C=O) groups is 2. The van der Waals surface area contributed by atoms with Gasteiger partial charge in [-0.15, -0.1) is 0 Å². The van der Waals surface area contributed by atoms with Crippen LogP contribution in [0.15, 0.2) is 18.2 Å². The van der Waals surface area contributed by atoms with Gasteiger partial charge in [-0.05, 0) is 18.9 Å². The number of hydrogen-bond acceptors (Lipinski definition) is 3. The Morgan fingerprint density at radius 2 is 2.00 bits per heavy atom. The van der Waals surface area contributed by atoms with E-state index in [0.717, 1.165) is 18.4 Å². The second-order valence-corrected chi connectivity index (χ2v) is 4.50. The normalized spacial score (nSPS) is 16.1. The number of nitrogens with one attached hydrogen (secondary N) is 1. The van der Waals surface area contributed by atoms with Crippen LogP contribution in [0.25, 0.3) is 0 Å². The highest BCUT2D eigenvalue weighted by molar-refractivity contribution is 6.04. The standard InChI is InChI=1S/C14H17NO3/c1-4-14(5-2)10-7-6-8-11(15-9(3)16)12(10)13(17)18-14/h6-8H,4-5H2,1-3H3,(H,15,16). The van der Waals surface area contributed by atoms with Crippen molar-refractivity contribution in [2.24, 2.45) is 0 Å². The number of carbonyl (C=O) groups excluding carboxylic acids is 2. The van der Waals surface area contributed by atoms with Crippen LogP contribution in [0.1, 0.15) is 49.5 Å². The van der Waals surface area contributed by atoms with Gasteiger partial charge in [0.1, 0.15) is 5.60 Å². The van der Waals surface area contributed by atoms with Gasteiger partial charge in [-0.3, -0.25) is 4.79 Å². The van der Waals surface area contributed by atoms with Crippen molar-refractivity contribution in [1.82, 2.24) is 0 Å². The van der Waals surface area contributed by atoms with Gasteiger partial charge >= 0.3 is 5.97 Å². The second-order valence-electron chi connectivity index (χ2n) is 4.50. The highest BCUT2D eigenvalue weighted by atomic mass is 16.6. The van der Waals surface area contributed by atoms with E-state index in [-0.39, 0.29) is 11.9 Å². The van der Waals surface area contributed by atoms with Crippen LogP contribution in [0.5, 0.6) is 0 Å². The van der Waals surface area contributed by atoms with Crippen LogP contribution in [0.2, 0.25) is 0 Å². The van der Waals surface area contributed by atoms with Crippen molar-refractivity contribution in [3.05, 3.63) is 29.3 Å². The Kier molecular flexibility index (Phi) is 3.11. The minimum Gasteiger partial charge on any atom is -0.451 e. The Hall–Kier alpha value is -1.84. The molecular weight excluding hydrogens is 230 g/mol. The molecule has 1 aliphatic heterocycles. The fourth-order valence-electron chi connectivity index (χ4n) is 2.50. The van der Waals surface area contributed by atoms with Gasteiger partial charge in [-0.1, -0.05) is 26.0 Å². The van der Waals surface area contributed by atoms with Crippen molar-refractivity contribution in [2.45, 2.75) is 39.2 Å². The second kappa shape index (κ2) is 4.44. The van der Waals surface area contributed by atoms with E-state index in [2.05, 4.69) is 5.32 Å². The number of anilines is 1. The summed E-state index contributed by atoms with van der Waals surface area (Å²) in [5, 5.41) is 2.68. The van der Waals surface area contributed by atoms with Gasteiger partial charge < -0.3 is 10.1 Å². The maximum absolute atomic E-state index is 12.0. The lowest BCUT2D eigenvalue weighted by atomic mass is 9.87. The molecule has 1 N–H and O–H groups in total. The monoisotopic (exact) mass is 247 g/mol. The number of rotatable bonds is 3. The Bertz CT molecular complexity index is 504. The molecule has 0 fully saturated rings. The SMILES string of the molecule is CCC1(CC)OC(=O)c2c(NC(C)=O)cccc21. The first-order chi connectivity index (χ1) is 8.54. The Morgan fingerprint density at radius 3 is 2.56 bits per heavy atom. The number of amides is 1. The molecule has 0 radical (unpaired) electrons. The van der Waals surface area contributed by atoms with Gasteiger partial charge in [0.2, 0.25) is 5.91 Å². The summed E-state index contributed by atoms with van der Waals surface area (Å²) in [6.45, 7) is 5.42. The average Bonchev–Trinajstić information content (AvgIpc) is 2.63. The smallest absolute Gasteiger partial charge is 0.341 e. The van der Waals surface area contributed by atoms with Crippen molar-refractivity contribution in [2.75, 3.05) is 5.32 Å². The first-order valence-electron chi connectivity index (χ1n) is 6.18. The predicted molar refractivity (Wildman–Crippen MR) is 68.4 cm³/mol. The highest BCUT2D eigenvalue weighted by Gasteiger charge is 2.44. The lowest BCUT2D eigenvalue weighted by Crippen LogP contribution is -2.23. The molecule has 4 heteroatoms. The quantitative estimate of drug-likeness (QED) is 0.835. The van der Waals surface area contributed by atoms with Crippen LogP contribution in [0.3, 0.4) is 0 Å². The summed E-state index contributed by atoms with van der Waals surface area (Å²) in [5.41, 5.74) is 1.37. The van der Waals surface area contributed by atoms with Gasteiger partial charge in [-0.2, -0.15) is 0 Å². The summed E-state index contributed by atoms with van der Waals surface area (Å²) in [6.07, 6.45) is 1.46. The number of cyclic esters (lactones) is 1. The third kappa shape index (κ3) is 1.78. The van der Waals surface area contributed by atoms with E-state index in [4.69, 9.17) is 4.74 Å². The van der Waals surface area contributed by atoms with E-state index in [1.807, 2.05) is 26.0 Å². The van der Waals surface area contributed by atoms with E-state index in [1.165, 1.54) is 6.92 Å². The lowest BCUT2D eigenvalue weighted by molar-refractivity contribution is -0.114. The van der Waals surface area contributed by atoms with Crippen molar-refractivity contribution in [3.8, 4) is 0 Å². The van der Waals surface area contributed by atoms with E-state index >= 15 is 0 Å². The van der Waals surface area contributed by atoms with E-state index in [1.54, 1.807) is 6.07 Å². The predicted octanol–water partition coefficient (Wildman–Crippen LogP) is 2.83. The van der Waals surface area contributed by atoms with Crippen molar-refractivity contribution in [3.63, 3.8) is 0 Å². The topological polar surface area (TPSA) is 55.4 Å². The highest BCUT2D eigenvalue weighted by Crippen LogP contribution is 2.44. The van der Waals surface area contributed by atoms with E-state index in [0.29, 0.717) is 11.3 Å². The van der Waals surface area contributed by atoms with Crippen LogP contribution < -0.4 is 5.32 Å². The Morgan fingerprint density at radius 1 is 1.33 bits per heavy atom. The molecule has 1 aromatic rings. The average molecular weight is 247 g/mol. The van der Waals surface area contributed by atoms with Gasteiger partial charge in [0, 0.05) is 12.5 Å². The molecule has 18 heavy (non-hydrogen) atoms. The molecule has 0 aromatic heterocycles. The minimum absolute atomic E-state index is 0.193. The summed E-state index contributed by atoms with van der Waals surface area (Å²) < 4.78 is 5.55. The molecule has 2 rings (SSSR count). The first kappa shape index (κ1) is 12.6. The minimum atomic E-state index is -0.541. The molecule has 0 saturated carbocycles. The molecule has 0 atom stereocenters. The summed E-state index contributed by atoms with van der Waals surface area (Å²) in [7, 11) is 0. The summed E-state index contributed by atoms with van der Waals surface area (Å²) in [6, 6.07) is 5.47. The van der Waals surface area contributed by atoms with Crippen LogP contribution in [-0.2, 0) is 15.1 Å². The molecule has 0 unspecified atom stereocenters. The number of benzene rings is 1. The van der Waals surface area contributed by atoms with Gasteiger partial charge in [-0.25, -0.2) is 4.79 Å². The number of ether oxygens (including phenoxy) is 1. The Balaban J connectivity index is 2.57. The Labute approximate surface area is 106 Å². The van der Waals surface area contributed by atoms with Crippen LogP contribution in [0.4, 0.5) is 5.69 Å². The molecule has 0 saturated heterocycles. The van der Waals surface area contributed by atoms with Gasteiger partial charge in [0.05, 0.1) is 11.3 Å². The number of esters is 1. The lowest BCUT2D eigenvalue weighted by Gasteiger charge is -2.25. The molecule has 1 aliphatic rings. The molecular formula is C14H17NO3.